The van der Waals surface area contributed by atoms with Gasteiger partial charge >= 0.3 is 7.60 Å². The number of pyridine rings is 1. The third-order valence-corrected chi connectivity index (χ3v) is 8.40. The Hall–Kier alpha value is -1.76. The van der Waals surface area contributed by atoms with Crippen LogP contribution in [0.2, 0.25) is 0 Å². The number of hydrogen-bond donors (Lipinski definition) is 1. The Bertz CT molecular complexity index is 956. The molecule has 0 radical (unpaired) electrons. The molecule has 2 unspecified atom stereocenters. The molecule has 1 aromatic carbocycles. The number of hydrogen-bond acceptors (Lipinski definition) is 6. The van der Waals surface area contributed by atoms with Gasteiger partial charge in [0.15, 0.2) is 18.9 Å². The van der Waals surface area contributed by atoms with Crippen LogP contribution >= 0.6 is 7.60 Å². The lowest BCUT2D eigenvalue weighted by molar-refractivity contribution is -0.688. The summed E-state index contributed by atoms with van der Waals surface area (Å²) in [6.45, 7) is 19.3. The Morgan fingerprint density at radius 3 is 1.89 bits per heavy atom. The van der Waals surface area contributed by atoms with E-state index in [2.05, 4.69) is 16.7 Å². The highest BCUT2D eigenvalue weighted by Gasteiger charge is 2.51. The van der Waals surface area contributed by atoms with Crippen LogP contribution < -0.4 is 10.3 Å². The molecular formula is C27H45N3O4P+. The van der Waals surface area contributed by atoms with Gasteiger partial charge in [-0.3, -0.25) is 9.40 Å². The molecule has 35 heavy (non-hydrogen) atoms. The van der Waals surface area contributed by atoms with Crippen LogP contribution in [0, 0.1) is 5.41 Å². The van der Waals surface area contributed by atoms with Crippen molar-refractivity contribution in [1.82, 2.24) is 5.06 Å². The number of anilines is 1. The summed E-state index contributed by atoms with van der Waals surface area (Å²) in [4.78, 5) is 6.58. The molecule has 0 aliphatic carbocycles. The van der Waals surface area contributed by atoms with E-state index in [-0.39, 0.29) is 6.10 Å². The molecule has 0 aliphatic rings. The predicted octanol–water partition coefficient (Wildman–Crippen LogP) is 6.34. The van der Waals surface area contributed by atoms with Crippen LogP contribution in [0.1, 0.15) is 79.5 Å². The number of rotatable bonds is 11. The van der Waals surface area contributed by atoms with Gasteiger partial charge < -0.3 is 14.8 Å². The quantitative estimate of drug-likeness (QED) is 0.166. The molecule has 2 rings (SSSR count). The van der Waals surface area contributed by atoms with E-state index in [0.717, 1.165) is 17.8 Å². The zero-order chi connectivity index (χ0) is 26.4. The molecule has 0 saturated carbocycles. The van der Waals surface area contributed by atoms with Gasteiger partial charge in [0.25, 0.3) is 0 Å². The topological polar surface area (TPSA) is 77.9 Å². The minimum atomic E-state index is -3.51. The van der Waals surface area contributed by atoms with E-state index in [9.17, 15) is 4.57 Å². The monoisotopic (exact) mass is 506 g/mol. The minimum Gasteiger partial charge on any atom is -0.399 e. The molecule has 0 amide bonds. The fraction of sp³-hybridized carbons (Fsp3) is 0.593. The van der Waals surface area contributed by atoms with Gasteiger partial charge in [0.2, 0.25) is 0 Å². The Morgan fingerprint density at radius 2 is 1.46 bits per heavy atom. The zero-order valence-electron chi connectivity index (χ0n) is 22.9. The lowest BCUT2D eigenvalue weighted by Gasteiger charge is -2.48. The normalized spacial score (nSPS) is 14.8. The first-order valence-electron chi connectivity index (χ1n) is 12.4. The molecule has 196 valence electrons. The van der Waals surface area contributed by atoms with Gasteiger partial charge in [-0.05, 0) is 64.7 Å². The summed E-state index contributed by atoms with van der Waals surface area (Å²) < 4.78 is 27.7. The minimum absolute atomic E-state index is 0.276. The first-order valence-corrected chi connectivity index (χ1v) is 14.0. The van der Waals surface area contributed by atoms with Crippen molar-refractivity contribution in [3.63, 3.8) is 0 Å². The van der Waals surface area contributed by atoms with Gasteiger partial charge in [0.05, 0.1) is 13.2 Å². The lowest BCUT2D eigenvalue weighted by atomic mass is 9.94. The molecule has 1 heterocycles. The third kappa shape index (κ3) is 8.12. The Kier molecular flexibility index (Phi) is 10.1. The summed E-state index contributed by atoms with van der Waals surface area (Å²) in [5.41, 5.74) is 7.85. The van der Waals surface area contributed by atoms with Crippen molar-refractivity contribution in [3.05, 3.63) is 59.9 Å². The molecule has 0 saturated heterocycles. The maximum Gasteiger partial charge on any atom is 0.350 e. The highest BCUT2D eigenvalue weighted by molar-refractivity contribution is 7.54. The van der Waals surface area contributed by atoms with E-state index in [1.807, 2.05) is 104 Å². The predicted molar refractivity (Wildman–Crippen MR) is 142 cm³/mol. The zero-order valence-corrected chi connectivity index (χ0v) is 23.8. The molecule has 2 atom stereocenters. The lowest BCUT2D eigenvalue weighted by Crippen LogP contribution is -2.53. The number of aromatic nitrogens is 1. The van der Waals surface area contributed by atoms with E-state index in [1.54, 1.807) is 0 Å². The van der Waals surface area contributed by atoms with E-state index in [0.29, 0.717) is 13.2 Å². The second kappa shape index (κ2) is 12.0. The van der Waals surface area contributed by atoms with Gasteiger partial charge in [-0.15, -0.1) is 0 Å². The Labute approximate surface area is 212 Å². The highest BCUT2D eigenvalue weighted by atomic mass is 31.2. The second-order valence-electron chi connectivity index (χ2n) is 10.9. The van der Waals surface area contributed by atoms with E-state index in [1.165, 1.54) is 5.56 Å². The van der Waals surface area contributed by atoms with Crippen molar-refractivity contribution < 1.29 is 23.0 Å². The molecule has 2 aromatic rings. The van der Waals surface area contributed by atoms with E-state index < -0.39 is 24.3 Å². The highest BCUT2D eigenvalue weighted by Crippen LogP contribution is 2.61. The summed E-state index contributed by atoms with van der Waals surface area (Å²) >= 11 is 0. The molecule has 1 aromatic heterocycles. The summed E-state index contributed by atoms with van der Waals surface area (Å²) in [5.74, 6) is -0.600. The summed E-state index contributed by atoms with van der Waals surface area (Å²) in [6, 6.07) is 12.0. The van der Waals surface area contributed by atoms with Crippen molar-refractivity contribution >= 4 is 13.3 Å². The molecule has 8 heteroatoms. The molecule has 0 aliphatic heterocycles. The van der Waals surface area contributed by atoms with Gasteiger partial charge in [0, 0.05) is 28.9 Å². The van der Waals surface area contributed by atoms with Crippen LogP contribution in [0.5, 0.6) is 0 Å². The van der Waals surface area contributed by atoms with Crippen LogP contribution in [-0.2, 0) is 25.0 Å². The molecule has 2 N–H and O–H groups in total. The summed E-state index contributed by atoms with van der Waals surface area (Å²) in [6.07, 6.45) is 3.81. The molecule has 0 bridgehead atoms. The number of nitrogens with two attached hydrogens (primary N) is 1. The number of hydroxylamine groups is 2. The van der Waals surface area contributed by atoms with Gasteiger partial charge in [-0.1, -0.05) is 32.9 Å². The van der Waals surface area contributed by atoms with Crippen LogP contribution in [-0.4, -0.2) is 29.6 Å². The molecule has 0 fully saturated rings. The number of benzene rings is 1. The van der Waals surface area contributed by atoms with Crippen LogP contribution in [0.15, 0.2) is 48.8 Å². The van der Waals surface area contributed by atoms with E-state index >= 15 is 0 Å². The summed E-state index contributed by atoms with van der Waals surface area (Å²) in [5, 5.41) is 1.83. The van der Waals surface area contributed by atoms with Crippen LogP contribution in [0.3, 0.4) is 0 Å². The van der Waals surface area contributed by atoms with Gasteiger partial charge in [0.1, 0.15) is 11.9 Å². The maximum absolute atomic E-state index is 14.0. The van der Waals surface area contributed by atoms with Crippen molar-refractivity contribution in [3.8, 4) is 0 Å². The SMILES string of the molecule is CCOP(=O)(OCC)C(N(OC(C)c1cc[n+](Cc2ccc(N)cc2)cc1)C(C)(C)C)C(C)(C)C. The Morgan fingerprint density at radius 1 is 0.943 bits per heavy atom. The largest absolute Gasteiger partial charge is 0.399 e. The standard InChI is InChI=1S/C27H45N3O4P/c1-10-32-35(31,33-11-2)25(26(4,5)6)30(27(7,8)9)34-21(3)23-16-18-29(19-17-23)20-22-12-14-24(28)15-13-22/h12-19,21,25H,10-11,20,28H2,1-9H3/q+1. The van der Waals surface area contributed by atoms with Crippen LogP contribution in [0.4, 0.5) is 5.69 Å². The van der Waals surface area contributed by atoms with Gasteiger partial charge in [-0.2, -0.15) is 5.06 Å². The summed E-state index contributed by atoms with van der Waals surface area (Å²) in [7, 11) is -3.51. The third-order valence-electron chi connectivity index (χ3n) is 5.58. The fourth-order valence-electron chi connectivity index (χ4n) is 3.99. The van der Waals surface area contributed by atoms with Crippen molar-refractivity contribution in [2.45, 2.75) is 86.3 Å². The smallest absolute Gasteiger partial charge is 0.350 e. The first-order chi connectivity index (χ1) is 16.2. The van der Waals surface area contributed by atoms with Gasteiger partial charge in [-0.25, -0.2) is 4.57 Å². The molecule has 7 nitrogen and oxygen atoms in total. The average Bonchev–Trinajstić information content (AvgIpc) is 2.74. The molecular weight excluding hydrogens is 461 g/mol. The Balaban J connectivity index is 2.32. The van der Waals surface area contributed by atoms with Crippen LogP contribution in [0.25, 0.3) is 0 Å². The second-order valence-corrected chi connectivity index (χ2v) is 13.0. The van der Waals surface area contributed by atoms with Crippen molar-refractivity contribution in [2.24, 2.45) is 5.41 Å². The maximum atomic E-state index is 14.0. The van der Waals surface area contributed by atoms with Crippen molar-refractivity contribution in [2.75, 3.05) is 18.9 Å². The number of nitrogen functional groups attached to an aromatic ring is 1. The molecule has 0 spiro atoms. The van der Waals surface area contributed by atoms with E-state index in [4.69, 9.17) is 19.6 Å². The average molecular weight is 507 g/mol. The number of nitrogens with zero attached hydrogens (tertiary/aromatic N) is 2. The first kappa shape index (κ1) is 29.5. The fourth-order valence-corrected chi connectivity index (χ4v) is 6.67. The van der Waals surface area contributed by atoms with Crippen molar-refractivity contribution in [1.29, 1.82) is 0 Å².